The molecule has 0 bridgehead atoms. The van der Waals surface area contributed by atoms with Crippen LogP contribution in [0, 0.1) is 0 Å². The van der Waals surface area contributed by atoms with Gasteiger partial charge in [-0.1, -0.05) is 56.3 Å². The minimum atomic E-state index is 0.317. The lowest BCUT2D eigenvalue weighted by Gasteiger charge is -2.22. The number of benzene rings is 2. The van der Waals surface area contributed by atoms with Crippen LogP contribution in [0.2, 0.25) is 0 Å². The van der Waals surface area contributed by atoms with Crippen LogP contribution in [0.4, 0.5) is 0 Å². The monoisotopic (exact) mass is 279 g/mol. The molecule has 1 atom stereocenters. The molecule has 0 radical (unpaired) electrons. The van der Waals surface area contributed by atoms with Crippen LogP contribution in [0.1, 0.15) is 54.1 Å². The molecular formula is C20H25N. The molecule has 2 aromatic rings. The van der Waals surface area contributed by atoms with E-state index < -0.39 is 0 Å². The summed E-state index contributed by atoms with van der Waals surface area (Å²) in [5, 5.41) is 3.68. The first-order valence-electron chi connectivity index (χ1n) is 8.26. The standard InChI is InChI=1S/C20H25N/c1-3-15-8-5-6-11-19(15)20(21-4-2)18-13-12-16-9-7-10-17(16)14-18/h5-6,8,11-14,20-21H,3-4,7,9-10H2,1-2H3. The highest BCUT2D eigenvalue weighted by Crippen LogP contribution is 2.30. The second kappa shape index (κ2) is 6.44. The molecule has 21 heavy (non-hydrogen) atoms. The summed E-state index contributed by atoms with van der Waals surface area (Å²) in [5.41, 5.74) is 7.41. The lowest BCUT2D eigenvalue weighted by atomic mass is 9.91. The van der Waals surface area contributed by atoms with Gasteiger partial charge in [-0.05, 0) is 60.0 Å². The van der Waals surface area contributed by atoms with Gasteiger partial charge in [0.25, 0.3) is 0 Å². The van der Waals surface area contributed by atoms with Gasteiger partial charge >= 0.3 is 0 Å². The number of hydrogen-bond donors (Lipinski definition) is 1. The third kappa shape index (κ3) is 2.89. The maximum atomic E-state index is 3.68. The van der Waals surface area contributed by atoms with Crippen molar-refractivity contribution in [3.63, 3.8) is 0 Å². The van der Waals surface area contributed by atoms with E-state index in [2.05, 4.69) is 61.6 Å². The summed E-state index contributed by atoms with van der Waals surface area (Å²) in [6.07, 6.45) is 4.91. The molecule has 1 aliphatic carbocycles. The number of nitrogens with one attached hydrogen (secondary N) is 1. The molecule has 0 heterocycles. The summed E-state index contributed by atoms with van der Waals surface area (Å²) in [5.74, 6) is 0. The van der Waals surface area contributed by atoms with Crippen molar-refractivity contribution in [3.05, 3.63) is 70.3 Å². The smallest absolute Gasteiger partial charge is 0.0579 e. The molecule has 3 rings (SSSR count). The SMILES string of the molecule is CCNC(c1ccc2c(c1)CCC2)c1ccccc1CC. The van der Waals surface area contributed by atoms with Crippen LogP contribution in [-0.4, -0.2) is 6.54 Å². The number of aryl methyl sites for hydroxylation is 3. The molecule has 2 aromatic carbocycles. The highest BCUT2D eigenvalue weighted by atomic mass is 14.9. The normalized spacial score (nSPS) is 15.0. The van der Waals surface area contributed by atoms with Crippen LogP contribution in [0.3, 0.4) is 0 Å². The van der Waals surface area contributed by atoms with Crippen LogP contribution < -0.4 is 5.32 Å². The van der Waals surface area contributed by atoms with E-state index in [1.165, 1.54) is 36.0 Å². The zero-order chi connectivity index (χ0) is 14.7. The summed E-state index contributed by atoms with van der Waals surface area (Å²) < 4.78 is 0. The van der Waals surface area contributed by atoms with Gasteiger partial charge in [-0.25, -0.2) is 0 Å². The van der Waals surface area contributed by atoms with Crippen molar-refractivity contribution >= 4 is 0 Å². The molecule has 1 aliphatic rings. The molecular weight excluding hydrogens is 254 g/mol. The van der Waals surface area contributed by atoms with Crippen molar-refractivity contribution in [2.45, 2.75) is 45.6 Å². The minimum Gasteiger partial charge on any atom is -0.307 e. The molecule has 0 aliphatic heterocycles. The largest absolute Gasteiger partial charge is 0.307 e. The van der Waals surface area contributed by atoms with Gasteiger partial charge in [0.2, 0.25) is 0 Å². The Kier molecular flexibility index (Phi) is 4.40. The van der Waals surface area contributed by atoms with E-state index in [0.29, 0.717) is 6.04 Å². The van der Waals surface area contributed by atoms with Crippen molar-refractivity contribution in [1.29, 1.82) is 0 Å². The first-order valence-corrected chi connectivity index (χ1v) is 8.26. The fourth-order valence-electron chi connectivity index (χ4n) is 3.52. The molecule has 0 saturated carbocycles. The van der Waals surface area contributed by atoms with E-state index >= 15 is 0 Å². The van der Waals surface area contributed by atoms with Crippen LogP contribution >= 0.6 is 0 Å². The molecule has 1 N–H and O–H groups in total. The Bertz CT molecular complexity index is 615. The molecule has 1 unspecified atom stereocenters. The lowest BCUT2D eigenvalue weighted by molar-refractivity contribution is 0.625. The van der Waals surface area contributed by atoms with Crippen molar-refractivity contribution in [1.82, 2.24) is 5.32 Å². The first kappa shape index (κ1) is 14.3. The Labute approximate surface area is 128 Å². The van der Waals surface area contributed by atoms with E-state index in [1.807, 2.05) is 0 Å². The Balaban J connectivity index is 2.01. The van der Waals surface area contributed by atoms with Crippen molar-refractivity contribution in [2.75, 3.05) is 6.54 Å². The third-order valence-electron chi connectivity index (χ3n) is 4.61. The third-order valence-corrected chi connectivity index (χ3v) is 4.61. The quantitative estimate of drug-likeness (QED) is 0.853. The Morgan fingerprint density at radius 1 is 1.00 bits per heavy atom. The molecule has 0 aromatic heterocycles. The van der Waals surface area contributed by atoms with E-state index in [4.69, 9.17) is 0 Å². The Morgan fingerprint density at radius 2 is 1.81 bits per heavy atom. The summed E-state index contributed by atoms with van der Waals surface area (Å²) in [4.78, 5) is 0. The Hall–Kier alpha value is -1.60. The second-order valence-electron chi connectivity index (χ2n) is 5.92. The van der Waals surface area contributed by atoms with E-state index in [-0.39, 0.29) is 0 Å². The van der Waals surface area contributed by atoms with Gasteiger partial charge in [0.05, 0.1) is 6.04 Å². The second-order valence-corrected chi connectivity index (χ2v) is 5.92. The van der Waals surface area contributed by atoms with E-state index in [0.717, 1.165) is 13.0 Å². The van der Waals surface area contributed by atoms with Gasteiger partial charge in [0.15, 0.2) is 0 Å². The zero-order valence-electron chi connectivity index (χ0n) is 13.2. The molecule has 0 amide bonds. The minimum absolute atomic E-state index is 0.317. The summed E-state index contributed by atoms with van der Waals surface area (Å²) in [7, 11) is 0. The van der Waals surface area contributed by atoms with Crippen molar-refractivity contribution < 1.29 is 0 Å². The molecule has 110 valence electrons. The lowest BCUT2D eigenvalue weighted by Crippen LogP contribution is -2.23. The van der Waals surface area contributed by atoms with Gasteiger partial charge < -0.3 is 5.32 Å². The summed E-state index contributed by atoms with van der Waals surface area (Å²) in [6.45, 7) is 5.42. The van der Waals surface area contributed by atoms with Gasteiger partial charge in [-0.15, -0.1) is 0 Å². The fraction of sp³-hybridized carbons (Fsp3) is 0.400. The van der Waals surface area contributed by atoms with Gasteiger partial charge in [0.1, 0.15) is 0 Å². The van der Waals surface area contributed by atoms with Crippen LogP contribution in [0.5, 0.6) is 0 Å². The summed E-state index contributed by atoms with van der Waals surface area (Å²) >= 11 is 0. The zero-order valence-corrected chi connectivity index (χ0v) is 13.2. The average molecular weight is 279 g/mol. The Morgan fingerprint density at radius 3 is 2.62 bits per heavy atom. The number of rotatable bonds is 5. The van der Waals surface area contributed by atoms with Crippen LogP contribution in [0.25, 0.3) is 0 Å². The summed E-state index contributed by atoms with van der Waals surface area (Å²) in [6, 6.07) is 16.3. The van der Waals surface area contributed by atoms with E-state index in [9.17, 15) is 0 Å². The predicted octanol–water partition coefficient (Wildman–Crippen LogP) is 4.44. The van der Waals surface area contributed by atoms with Gasteiger partial charge in [0, 0.05) is 0 Å². The molecule has 0 saturated heterocycles. The topological polar surface area (TPSA) is 12.0 Å². The maximum absolute atomic E-state index is 3.68. The number of hydrogen-bond acceptors (Lipinski definition) is 1. The predicted molar refractivity (Wildman–Crippen MR) is 89.8 cm³/mol. The fourth-order valence-corrected chi connectivity index (χ4v) is 3.52. The number of fused-ring (bicyclic) bond motifs is 1. The van der Waals surface area contributed by atoms with E-state index in [1.54, 1.807) is 11.1 Å². The van der Waals surface area contributed by atoms with Crippen molar-refractivity contribution in [3.8, 4) is 0 Å². The van der Waals surface area contributed by atoms with Gasteiger partial charge in [-0.2, -0.15) is 0 Å². The maximum Gasteiger partial charge on any atom is 0.0579 e. The molecule has 1 heteroatoms. The van der Waals surface area contributed by atoms with Crippen molar-refractivity contribution in [2.24, 2.45) is 0 Å². The van der Waals surface area contributed by atoms with Crippen LogP contribution in [0.15, 0.2) is 42.5 Å². The molecule has 1 nitrogen and oxygen atoms in total. The highest BCUT2D eigenvalue weighted by molar-refractivity contribution is 5.42. The first-order chi connectivity index (χ1) is 10.3. The average Bonchev–Trinajstić information content (AvgIpc) is 3.00. The molecule has 0 fully saturated rings. The highest BCUT2D eigenvalue weighted by Gasteiger charge is 2.18. The molecule has 0 spiro atoms. The van der Waals surface area contributed by atoms with Gasteiger partial charge in [-0.3, -0.25) is 0 Å². The van der Waals surface area contributed by atoms with Crippen LogP contribution in [-0.2, 0) is 19.3 Å².